The Hall–Kier alpha value is -2.01. The molecule has 4 atom stereocenters. The molecule has 36 heavy (non-hydrogen) atoms. The summed E-state index contributed by atoms with van der Waals surface area (Å²) in [5, 5.41) is 19.9. The molecule has 0 saturated carbocycles. The van der Waals surface area contributed by atoms with Crippen LogP contribution in [-0.2, 0) is 19.0 Å². The standard InChI is InChI=1S/C26H44N2O8/c1-34-22(31)15-13-11-9-7-5-3-2-4-6-8-10-12-14-18-35-24-23(32)20(19-29)36-25(24)28-17-16-21(30)27-26(28)33/h16-17,20,23-25,29,32H,2-15,18-19H2,1H3,(H,27,30,33)/t20-,23?,24?,25-/m1/s1. The summed E-state index contributed by atoms with van der Waals surface area (Å²) in [6.07, 6.45) is 13.1. The molecule has 10 heteroatoms. The van der Waals surface area contributed by atoms with Crippen LogP contribution in [0.1, 0.15) is 96.1 Å². The number of ether oxygens (including phenoxy) is 3. The van der Waals surface area contributed by atoms with Crippen LogP contribution in [0.5, 0.6) is 0 Å². The third-order valence-electron chi connectivity index (χ3n) is 6.68. The first kappa shape index (κ1) is 30.2. The number of hydrogen-bond donors (Lipinski definition) is 3. The zero-order valence-corrected chi connectivity index (χ0v) is 21.6. The quantitative estimate of drug-likeness (QED) is 0.190. The van der Waals surface area contributed by atoms with Gasteiger partial charge in [-0.2, -0.15) is 0 Å². The highest BCUT2D eigenvalue weighted by Crippen LogP contribution is 2.30. The van der Waals surface area contributed by atoms with Gasteiger partial charge in [0.25, 0.3) is 5.56 Å². The van der Waals surface area contributed by atoms with Crippen molar-refractivity contribution in [2.45, 2.75) is 114 Å². The molecule has 0 bridgehead atoms. The van der Waals surface area contributed by atoms with E-state index in [2.05, 4.69) is 9.72 Å². The van der Waals surface area contributed by atoms with E-state index in [9.17, 15) is 24.6 Å². The first-order valence-corrected chi connectivity index (χ1v) is 13.4. The van der Waals surface area contributed by atoms with Gasteiger partial charge in [-0.1, -0.05) is 70.6 Å². The smallest absolute Gasteiger partial charge is 0.330 e. The van der Waals surface area contributed by atoms with Crippen LogP contribution in [0.2, 0.25) is 0 Å². The van der Waals surface area contributed by atoms with Gasteiger partial charge in [0.15, 0.2) is 6.23 Å². The Labute approximate surface area is 213 Å². The highest BCUT2D eigenvalue weighted by Gasteiger charge is 2.45. The number of hydrogen-bond acceptors (Lipinski definition) is 8. The third-order valence-corrected chi connectivity index (χ3v) is 6.68. The van der Waals surface area contributed by atoms with E-state index in [-0.39, 0.29) is 5.97 Å². The predicted octanol–water partition coefficient (Wildman–Crippen LogP) is 2.81. The van der Waals surface area contributed by atoms with Gasteiger partial charge in [-0.25, -0.2) is 4.79 Å². The monoisotopic (exact) mass is 512 g/mol. The fourth-order valence-electron chi connectivity index (χ4n) is 4.54. The van der Waals surface area contributed by atoms with Crippen LogP contribution in [0, 0.1) is 0 Å². The van der Waals surface area contributed by atoms with E-state index in [0.29, 0.717) is 13.0 Å². The Balaban J connectivity index is 1.51. The molecule has 2 heterocycles. The first-order valence-electron chi connectivity index (χ1n) is 13.4. The second kappa shape index (κ2) is 17.4. The zero-order chi connectivity index (χ0) is 26.2. The second-order valence-corrected chi connectivity index (χ2v) is 9.51. The summed E-state index contributed by atoms with van der Waals surface area (Å²) in [5.74, 6) is -0.116. The molecule has 0 spiro atoms. The van der Waals surface area contributed by atoms with E-state index < -0.39 is 42.4 Å². The Morgan fingerprint density at radius 1 is 0.972 bits per heavy atom. The summed E-state index contributed by atoms with van der Waals surface area (Å²) in [5.41, 5.74) is -1.17. The number of methoxy groups -OCH3 is 1. The Kier molecular flexibility index (Phi) is 14.6. The van der Waals surface area contributed by atoms with Crippen molar-refractivity contribution in [2.24, 2.45) is 0 Å². The van der Waals surface area contributed by atoms with Crippen molar-refractivity contribution in [1.29, 1.82) is 0 Å². The highest BCUT2D eigenvalue weighted by atomic mass is 16.6. The number of carbonyl (C=O) groups is 1. The lowest BCUT2D eigenvalue weighted by Crippen LogP contribution is -2.39. The van der Waals surface area contributed by atoms with E-state index in [1.54, 1.807) is 0 Å². The maximum Gasteiger partial charge on any atom is 0.330 e. The Bertz CT molecular complexity index is 855. The van der Waals surface area contributed by atoms with Crippen LogP contribution in [-0.4, -0.2) is 64.4 Å². The summed E-state index contributed by atoms with van der Waals surface area (Å²) in [6, 6.07) is 1.20. The van der Waals surface area contributed by atoms with Crippen molar-refractivity contribution >= 4 is 5.97 Å². The molecule has 0 aromatic carbocycles. The molecule has 1 aliphatic heterocycles. The molecule has 1 aromatic heterocycles. The molecule has 3 N–H and O–H groups in total. The van der Waals surface area contributed by atoms with Gasteiger partial charge in [-0.15, -0.1) is 0 Å². The largest absolute Gasteiger partial charge is 0.469 e. The lowest BCUT2D eigenvalue weighted by Gasteiger charge is -2.22. The van der Waals surface area contributed by atoms with Gasteiger partial charge in [-0.05, 0) is 12.8 Å². The summed E-state index contributed by atoms with van der Waals surface area (Å²) in [6.45, 7) is 0.0180. The minimum absolute atomic E-state index is 0.116. The molecule has 206 valence electrons. The lowest BCUT2D eigenvalue weighted by molar-refractivity contribution is -0.140. The average molecular weight is 513 g/mol. The molecule has 0 aliphatic carbocycles. The van der Waals surface area contributed by atoms with E-state index in [0.717, 1.165) is 32.1 Å². The van der Waals surface area contributed by atoms with E-state index >= 15 is 0 Å². The average Bonchev–Trinajstić information content (AvgIpc) is 3.18. The molecule has 2 unspecified atom stereocenters. The normalized spacial score (nSPS) is 21.6. The van der Waals surface area contributed by atoms with Crippen LogP contribution in [0.3, 0.4) is 0 Å². The zero-order valence-electron chi connectivity index (χ0n) is 21.6. The van der Waals surface area contributed by atoms with Gasteiger partial charge in [0, 0.05) is 25.3 Å². The molecule has 2 rings (SSSR count). The number of nitrogens with zero attached hydrogens (tertiary/aromatic N) is 1. The van der Waals surface area contributed by atoms with Gasteiger partial charge in [0.05, 0.1) is 13.7 Å². The summed E-state index contributed by atoms with van der Waals surface area (Å²) in [7, 11) is 1.43. The number of aromatic amines is 1. The van der Waals surface area contributed by atoms with Crippen molar-refractivity contribution in [1.82, 2.24) is 9.55 Å². The number of nitrogens with one attached hydrogen (secondary N) is 1. The maximum atomic E-state index is 12.1. The number of rotatable bonds is 19. The minimum Gasteiger partial charge on any atom is -0.469 e. The number of unbranched alkanes of at least 4 members (excludes halogenated alkanes) is 12. The van der Waals surface area contributed by atoms with Crippen LogP contribution in [0.4, 0.5) is 0 Å². The van der Waals surface area contributed by atoms with Crippen molar-refractivity contribution in [3.05, 3.63) is 33.1 Å². The van der Waals surface area contributed by atoms with Gasteiger partial charge in [0.2, 0.25) is 0 Å². The number of aromatic nitrogens is 2. The maximum absolute atomic E-state index is 12.1. The van der Waals surface area contributed by atoms with Crippen LogP contribution >= 0.6 is 0 Å². The van der Waals surface area contributed by atoms with Crippen molar-refractivity contribution in [3.8, 4) is 0 Å². The molecule has 0 radical (unpaired) electrons. The molecule has 1 aliphatic rings. The Morgan fingerprint density at radius 2 is 1.53 bits per heavy atom. The molecule has 1 fully saturated rings. The molecular weight excluding hydrogens is 468 g/mol. The van der Waals surface area contributed by atoms with E-state index in [4.69, 9.17) is 9.47 Å². The fourth-order valence-corrected chi connectivity index (χ4v) is 4.54. The number of aliphatic hydroxyl groups is 2. The van der Waals surface area contributed by atoms with Crippen LogP contribution in [0.15, 0.2) is 21.9 Å². The highest BCUT2D eigenvalue weighted by molar-refractivity contribution is 5.68. The summed E-state index contributed by atoms with van der Waals surface area (Å²) in [4.78, 5) is 36.7. The summed E-state index contributed by atoms with van der Waals surface area (Å²) < 4.78 is 17.3. The Morgan fingerprint density at radius 3 is 2.06 bits per heavy atom. The molecule has 1 aromatic rings. The van der Waals surface area contributed by atoms with Gasteiger partial charge < -0.3 is 24.4 Å². The number of carbonyl (C=O) groups excluding carboxylic acids is 1. The lowest BCUT2D eigenvalue weighted by atomic mass is 10.0. The minimum atomic E-state index is -1.07. The topological polar surface area (TPSA) is 140 Å². The predicted molar refractivity (Wildman–Crippen MR) is 135 cm³/mol. The van der Waals surface area contributed by atoms with Crippen LogP contribution in [0.25, 0.3) is 0 Å². The number of aliphatic hydroxyl groups excluding tert-OH is 2. The number of esters is 1. The van der Waals surface area contributed by atoms with Gasteiger partial charge in [-0.3, -0.25) is 19.1 Å². The third kappa shape index (κ3) is 10.5. The summed E-state index contributed by atoms with van der Waals surface area (Å²) >= 11 is 0. The second-order valence-electron chi connectivity index (χ2n) is 9.51. The molecular formula is C26H44N2O8. The first-order chi connectivity index (χ1) is 17.5. The van der Waals surface area contributed by atoms with Crippen molar-refractivity contribution < 1.29 is 29.2 Å². The van der Waals surface area contributed by atoms with Gasteiger partial charge >= 0.3 is 11.7 Å². The van der Waals surface area contributed by atoms with Crippen LogP contribution < -0.4 is 11.2 Å². The molecule has 0 amide bonds. The SMILES string of the molecule is COC(=O)CCCCCCCCCCCCCCCOC1C(O)[C@@H](CO)O[C@H]1n1ccc(=O)[nH]c1=O. The van der Waals surface area contributed by atoms with E-state index in [1.807, 2.05) is 0 Å². The van der Waals surface area contributed by atoms with Gasteiger partial charge in [0.1, 0.15) is 18.3 Å². The fraction of sp³-hybridized carbons (Fsp3) is 0.808. The van der Waals surface area contributed by atoms with E-state index in [1.165, 1.54) is 75.3 Å². The number of H-pyrrole nitrogens is 1. The molecule has 10 nitrogen and oxygen atoms in total. The van der Waals surface area contributed by atoms with Crippen molar-refractivity contribution in [3.63, 3.8) is 0 Å². The molecule has 1 saturated heterocycles. The van der Waals surface area contributed by atoms with Crippen molar-refractivity contribution in [2.75, 3.05) is 20.3 Å².